The molecule has 2 amide bonds. The number of aryl methyl sites for hydroxylation is 1. The van der Waals surface area contributed by atoms with Gasteiger partial charge in [-0.15, -0.1) is 0 Å². The summed E-state index contributed by atoms with van der Waals surface area (Å²) in [5.41, 5.74) is 3.52. The van der Waals surface area contributed by atoms with Crippen LogP contribution in [0.4, 0.5) is 11.5 Å². The van der Waals surface area contributed by atoms with E-state index in [2.05, 4.69) is 10.3 Å². The summed E-state index contributed by atoms with van der Waals surface area (Å²) in [6, 6.07) is 13.0. The fourth-order valence-corrected chi connectivity index (χ4v) is 3.10. The number of carbonyl (C=O) groups excluding carboxylic acids is 2. The first kappa shape index (κ1) is 16.1. The van der Waals surface area contributed by atoms with Gasteiger partial charge in [-0.05, 0) is 42.3 Å². The zero-order chi connectivity index (χ0) is 18.1. The summed E-state index contributed by atoms with van der Waals surface area (Å²) >= 11 is 0. The van der Waals surface area contributed by atoms with Gasteiger partial charge in [0.1, 0.15) is 5.82 Å². The Morgan fingerprint density at radius 2 is 2.12 bits per heavy atom. The third kappa shape index (κ3) is 2.97. The molecule has 1 aliphatic rings. The van der Waals surface area contributed by atoms with Crippen molar-refractivity contribution in [3.05, 3.63) is 77.4 Å². The van der Waals surface area contributed by atoms with Crippen molar-refractivity contribution in [2.45, 2.75) is 19.9 Å². The largest absolute Gasteiger partial charge is 0.459 e. The van der Waals surface area contributed by atoms with E-state index in [9.17, 15) is 9.59 Å². The molecular formula is C20H17N3O3. The molecule has 0 fully saturated rings. The van der Waals surface area contributed by atoms with Crippen LogP contribution in [0.2, 0.25) is 0 Å². The van der Waals surface area contributed by atoms with Gasteiger partial charge in [-0.1, -0.05) is 18.2 Å². The van der Waals surface area contributed by atoms with Crippen LogP contribution < -0.4 is 10.2 Å². The molecule has 1 aromatic carbocycles. The molecule has 0 atom stereocenters. The normalized spacial score (nSPS) is 13.0. The van der Waals surface area contributed by atoms with Gasteiger partial charge >= 0.3 is 0 Å². The van der Waals surface area contributed by atoms with Gasteiger partial charge in [-0.3, -0.25) is 9.59 Å². The topological polar surface area (TPSA) is 75.4 Å². The lowest BCUT2D eigenvalue weighted by Gasteiger charge is -2.17. The molecule has 0 unspecified atom stereocenters. The van der Waals surface area contributed by atoms with Gasteiger partial charge in [-0.25, -0.2) is 4.98 Å². The smallest absolute Gasteiger partial charge is 0.292 e. The molecule has 6 nitrogen and oxygen atoms in total. The van der Waals surface area contributed by atoms with Crippen LogP contribution in [0.1, 0.15) is 27.2 Å². The maximum atomic E-state index is 12.6. The maximum absolute atomic E-state index is 12.6. The predicted octanol–water partition coefficient (Wildman–Crippen LogP) is 3.32. The van der Waals surface area contributed by atoms with E-state index in [4.69, 9.17) is 4.42 Å². The van der Waals surface area contributed by atoms with E-state index in [0.717, 1.165) is 16.8 Å². The van der Waals surface area contributed by atoms with Crippen LogP contribution in [0.3, 0.4) is 0 Å². The standard InChI is InChI=1S/C20H17N3O3/c1-13-6-8-21-17(10-13)22-20(25)19-15(7-9-26-19)12-23-16-5-3-2-4-14(16)11-18(23)24/h2-10H,11-12H2,1H3,(H,21,22,25). The lowest BCUT2D eigenvalue weighted by molar-refractivity contribution is -0.117. The van der Waals surface area contributed by atoms with Crippen LogP contribution in [0.15, 0.2) is 59.3 Å². The van der Waals surface area contributed by atoms with Crippen molar-refractivity contribution in [3.63, 3.8) is 0 Å². The molecule has 0 saturated carbocycles. The van der Waals surface area contributed by atoms with Gasteiger partial charge in [0, 0.05) is 17.4 Å². The first-order valence-corrected chi connectivity index (χ1v) is 8.30. The quantitative estimate of drug-likeness (QED) is 0.785. The van der Waals surface area contributed by atoms with E-state index in [1.54, 1.807) is 23.2 Å². The molecule has 3 aromatic rings. The number of hydrogen-bond donors (Lipinski definition) is 1. The number of pyridine rings is 1. The molecule has 26 heavy (non-hydrogen) atoms. The number of nitrogens with one attached hydrogen (secondary N) is 1. The monoisotopic (exact) mass is 347 g/mol. The number of hydrogen-bond acceptors (Lipinski definition) is 4. The van der Waals surface area contributed by atoms with Gasteiger partial charge in [0.25, 0.3) is 5.91 Å². The van der Waals surface area contributed by atoms with Crippen LogP contribution in [-0.2, 0) is 17.8 Å². The van der Waals surface area contributed by atoms with E-state index < -0.39 is 0 Å². The molecule has 1 aliphatic heterocycles. The van der Waals surface area contributed by atoms with Gasteiger partial charge < -0.3 is 14.6 Å². The van der Waals surface area contributed by atoms with E-state index in [0.29, 0.717) is 17.8 Å². The van der Waals surface area contributed by atoms with Crippen molar-refractivity contribution in [2.24, 2.45) is 0 Å². The van der Waals surface area contributed by atoms with Gasteiger partial charge in [-0.2, -0.15) is 0 Å². The summed E-state index contributed by atoms with van der Waals surface area (Å²) in [4.78, 5) is 30.7. The summed E-state index contributed by atoms with van der Waals surface area (Å²) in [6.45, 7) is 2.21. The van der Waals surface area contributed by atoms with Crippen molar-refractivity contribution in [3.8, 4) is 0 Å². The Labute approximate surface area is 150 Å². The number of anilines is 2. The van der Waals surface area contributed by atoms with Crippen LogP contribution in [0, 0.1) is 6.92 Å². The fraction of sp³-hybridized carbons (Fsp3) is 0.150. The van der Waals surface area contributed by atoms with Crippen LogP contribution >= 0.6 is 0 Å². The van der Waals surface area contributed by atoms with E-state index >= 15 is 0 Å². The molecule has 2 aromatic heterocycles. The number of fused-ring (bicyclic) bond motifs is 1. The minimum atomic E-state index is -0.386. The first-order chi connectivity index (χ1) is 12.6. The minimum absolute atomic E-state index is 0.0131. The Balaban J connectivity index is 1.56. The number of furan rings is 1. The zero-order valence-corrected chi connectivity index (χ0v) is 14.2. The third-order valence-corrected chi connectivity index (χ3v) is 4.36. The lowest BCUT2D eigenvalue weighted by atomic mass is 10.1. The minimum Gasteiger partial charge on any atom is -0.459 e. The van der Waals surface area contributed by atoms with Gasteiger partial charge in [0.15, 0.2) is 5.76 Å². The second kappa shape index (κ2) is 6.48. The third-order valence-electron chi connectivity index (χ3n) is 4.36. The molecule has 3 heterocycles. The average Bonchev–Trinajstić information content (AvgIpc) is 3.20. The molecule has 130 valence electrons. The number of carbonyl (C=O) groups is 2. The highest BCUT2D eigenvalue weighted by atomic mass is 16.3. The Morgan fingerprint density at radius 3 is 2.96 bits per heavy atom. The Hall–Kier alpha value is -3.41. The molecule has 0 saturated heterocycles. The molecule has 0 radical (unpaired) electrons. The number of benzene rings is 1. The molecule has 0 aliphatic carbocycles. The number of nitrogens with zero attached hydrogens (tertiary/aromatic N) is 2. The second-order valence-corrected chi connectivity index (χ2v) is 6.23. The van der Waals surface area contributed by atoms with Crippen LogP contribution in [0.25, 0.3) is 0 Å². The first-order valence-electron chi connectivity index (χ1n) is 8.30. The Morgan fingerprint density at radius 1 is 1.27 bits per heavy atom. The predicted molar refractivity (Wildman–Crippen MR) is 97.0 cm³/mol. The highest BCUT2D eigenvalue weighted by Crippen LogP contribution is 2.30. The van der Waals surface area contributed by atoms with E-state index in [-0.39, 0.29) is 24.1 Å². The number of rotatable bonds is 4. The fourth-order valence-electron chi connectivity index (χ4n) is 3.10. The second-order valence-electron chi connectivity index (χ2n) is 6.23. The summed E-state index contributed by atoms with van der Waals surface area (Å²) in [5.74, 6) is 0.271. The van der Waals surface area contributed by atoms with E-state index in [1.807, 2.05) is 37.3 Å². The Kier molecular flexibility index (Phi) is 4.01. The maximum Gasteiger partial charge on any atom is 0.292 e. The Bertz CT molecular complexity index is 993. The summed E-state index contributed by atoms with van der Waals surface area (Å²) in [6.07, 6.45) is 3.47. The highest BCUT2D eigenvalue weighted by molar-refractivity contribution is 6.04. The van der Waals surface area contributed by atoms with Crippen LogP contribution in [0.5, 0.6) is 0 Å². The molecule has 6 heteroatoms. The van der Waals surface area contributed by atoms with Crippen molar-refractivity contribution in [1.82, 2.24) is 4.98 Å². The summed E-state index contributed by atoms with van der Waals surface area (Å²) in [7, 11) is 0. The molecule has 4 rings (SSSR count). The van der Waals surface area contributed by atoms with E-state index in [1.165, 1.54) is 6.26 Å². The van der Waals surface area contributed by atoms with Crippen molar-refractivity contribution >= 4 is 23.3 Å². The molecular weight excluding hydrogens is 330 g/mol. The number of amides is 2. The zero-order valence-electron chi connectivity index (χ0n) is 14.2. The van der Waals surface area contributed by atoms with Crippen molar-refractivity contribution < 1.29 is 14.0 Å². The van der Waals surface area contributed by atoms with Crippen LogP contribution in [-0.4, -0.2) is 16.8 Å². The highest BCUT2D eigenvalue weighted by Gasteiger charge is 2.28. The SMILES string of the molecule is Cc1ccnc(NC(=O)c2occc2CN2C(=O)Cc3ccccc32)c1. The molecule has 0 bridgehead atoms. The molecule has 0 spiro atoms. The molecule has 1 N–H and O–H groups in total. The van der Waals surface area contributed by atoms with Crippen molar-refractivity contribution in [2.75, 3.05) is 10.2 Å². The van der Waals surface area contributed by atoms with Gasteiger partial charge in [0.05, 0.1) is 19.2 Å². The van der Waals surface area contributed by atoms with Gasteiger partial charge in [0.2, 0.25) is 5.91 Å². The number of aromatic nitrogens is 1. The van der Waals surface area contributed by atoms with Crippen molar-refractivity contribution in [1.29, 1.82) is 0 Å². The average molecular weight is 347 g/mol. The summed E-state index contributed by atoms with van der Waals surface area (Å²) < 4.78 is 5.38. The number of para-hydroxylation sites is 1. The lowest BCUT2D eigenvalue weighted by Crippen LogP contribution is -2.27. The summed E-state index contributed by atoms with van der Waals surface area (Å²) in [5, 5.41) is 2.73.